The molecule has 1 aliphatic rings. The van der Waals surface area contributed by atoms with E-state index in [0.717, 1.165) is 48.7 Å². The average molecular weight is 419 g/mol. The Hall–Kier alpha value is -3.15. The number of aryl methyl sites for hydroxylation is 1. The first-order chi connectivity index (χ1) is 14.9. The van der Waals surface area contributed by atoms with Crippen LogP contribution in [-0.4, -0.2) is 27.3 Å². The quantitative estimate of drug-likeness (QED) is 0.634. The largest absolute Gasteiger partial charge is 0.484 e. The minimum absolute atomic E-state index is 0.0297. The summed E-state index contributed by atoms with van der Waals surface area (Å²) in [7, 11) is 0. The van der Waals surface area contributed by atoms with Crippen LogP contribution in [0.5, 0.6) is 5.75 Å². The summed E-state index contributed by atoms with van der Waals surface area (Å²) in [6.07, 6.45) is 4.49. The molecule has 4 rings (SSSR count). The monoisotopic (exact) mass is 418 g/mol. The van der Waals surface area contributed by atoms with Crippen LogP contribution in [0.25, 0.3) is 11.4 Å². The van der Waals surface area contributed by atoms with Gasteiger partial charge in [-0.05, 0) is 48.1 Å². The minimum atomic E-state index is -0.196. The molecule has 0 aliphatic carbocycles. The van der Waals surface area contributed by atoms with E-state index >= 15 is 0 Å². The lowest BCUT2D eigenvalue weighted by Crippen LogP contribution is -2.20. The molecule has 2 heterocycles. The van der Waals surface area contributed by atoms with Crippen molar-refractivity contribution in [3.63, 3.8) is 0 Å². The molecule has 0 fully saturated rings. The molecule has 0 saturated carbocycles. The van der Waals surface area contributed by atoms with Gasteiger partial charge in [0, 0.05) is 24.2 Å². The van der Waals surface area contributed by atoms with Crippen molar-refractivity contribution in [1.29, 1.82) is 0 Å². The standard InChI is InChI=1S/C25H30N4O2/c1-25(2,3)19-10-8-12-21(16-19)31-17-23(30)26-20-11-7-9-18(15-20)24-28-27-22-13-5-4-6-14-29(22)24/h7-12,15-16H,4-6,13-14,17H2,1-3H3,(H,26,30). The van der Waals surface area contributed by atoms with Crippen molar-refractivity contribution < 1.29 is 9.53 Å². The Balaban J connectivity index is 1.42. The van der Waals surface area contributed by atoms with Gasteiger partial charge in [0.25, 0.3) is 5.91 Å². The molecule has 1 aliphatic heterocycles. The molecule has 31 heavy (non-hydrogen) atoms. The van der Waals surface area contributed by atoms with Gasteiger partial charge in [0.15, 0.2) is 12.4 Å². The third-order valence-electron chi connectivity index (χ3n) is 5.58. The van der Waals surface area contributed by atoms with Crippen molar-refractivity contribution in [3.05, 3.63) is 59.9 Å². The fourth-order valence-corrected chi connectivity index (χ4v) is 3.83. The number of aromatic nitrogens is 3. The molecule has 0 unspecified atom stereocenters. The third-order valence-corrected chi connectivity index (χ3v) is 5.58. The Morgan fingerprint density at radius 2 is 1.90 bits per heavy atom. The number of rotatable bonds is 5. The summed E-state index contributed by atoms with van der Waals surface area (Å²) in [4.78, 5) is 12.5. The molecule has 0 spiro atoms. The van der Waals surface area contributed by atoms with Crippen molar-refractivity contribution >= 4 is 11.6 Å². The average Bonchev–Trinajstić information content (AvgIpc) is 3.00. The van der Waals surface area contributed by atoms with Crippen molar-refractivity contribution in [2.75, 3.05) is 11.9 Å². The highest BCUT2D eigenvalue weighted by molar-refractivity contribution is 5.92. The molecule has 6 nitrogen and oxygen atoms in total. The Labute approximate surface area is 183 Å². The zero-order chi connectivity index (χ0) is 21.8. The number of amides is 1. The lowest BCUT2D eigenvalue weighted by molar-refractivity contribution is -0.118. The highest BCUT2D eigenvalue weighted by Crippen LogP contribution is 2.26. The van der Waals surface area contributed by atoms with Crippen LogP contribution in [0.3, 0.4) is 0 Å². The molecule has 2 aromatic carbocycles. The summed E-state index contributed by atoms with van der Waals surface area (Å²) in [6.45, 7) is 7.36. The zero-order valence-electron chi connectivity index (χ0n) is 18.5. The summed E-state index contributed by atoms with van der Waals surface area (Å²) in [5, 5.41) is 11.7. The fourth-order valence-electron chi connectivity index (χ4n) is 3.83. The van der Waals surface area contributed by atoms with Gasteiger partial charge in [0.05, 0.1) is 0 Å². The van der Waals surface area contributed by atoms with Gasteiger partial charge in [-0.1, -0.05) is 51.5 Å². The van der Waals surface area contributed by atoms with Gasteiger partial charge < -0.3 is 14.6 Å². The van der Waals surface area contributed by atoms with Crippen LogP contribution in [0.1, 0.15) is 51.4 Å². The lowest BCUT2D eigenvalue weighted by Gasteiger charge is -2.19. The Bertz CT molecular complexity index is 1070. The predicted octanol–water partition coefficient (Wildman–Crippen LogP) is 4.99. The Kier molecular flexibility index (Phi) is 6.07. The first-order valence-electron chi connectivity index (χ1n) is 11.0. The highest BCUT2D eigenvalue weighted by Gasteiger charge is 2.17. The number of nitrogens with one attached hydrogen (secondary N) is 1. The van der Waals surface area contributed by atoms with Gasteiger partial charge in [-0.15, -0.1) is 10.2 Å². The Morgan fingerprint density at radius 3 is 2.74 bits per heavy atom. The first-order valence-corrected chi connectivity index (χ1v) is 11.0. The molecule has 6 heteroatoms. The molecular weight excluding hydrogens is 388 g/mol. The van der Waals surface area contributed by atoms with Crippen LogP contribution >= 0.6 is 0 Å². The van der Waals surface area contributed by atoms with Gasteiger partial charge in [-0.25, -0.2) is 0 Å². The summed E-state index contributed by atoms with van der Waals surface area (Å²) in [5.74, 6) is 2.41. The number of fused-ring (bicyclic) bond motifs is 1. The number of benzene rings is 2. The van der Waals surface area contributed by atoms with Crippen molar-refractivity contribution in [1.82, 2.24) is 14.8 Å². The summed E-state index contributed by atoms with van der Waals surface area (Å²) >= 11 is 0. The minimum Gasteiger partial charge on any atom is -0.484 e. The number of hydrogen-bond donors (Lipinski definition) is 1. The number of nitrogens with zero attached hydrogens (tertiary/aromatic N) is 3. The van der Waals surface area contributed by atoms with Crippen molar-refractivity contribution in [2.24, 2.45) is 0 Å². The SMILES string of the molecule is CC(C)(C)c1cccc(OCC(=O)Nc2cccc(-c3nnc4n3CCCCC4)c2)c1. The van der Waals surface area contributed by atoms with E-state index in [-0.39, 0.29) is 17.9 Å². The first kappa shape index (κ1) is 21.1. The smallest absolute Gasteiger partial charge is 0.262 e. The second kappa shape index (κ2) is 8.92. The molecule has 0 radical (unpaired) electrons. The van der Waals surface area contributed by atoms with Gasteiger partial charge in [-0.2, -0.15) is 0 Å². The van der Waals surface area contributed by atoms with E-state index in [9.17, 15) is 4.79 Å². The molecule has 162 valence electrons. The highest BCUT2D eigenvalue weighted by atomic mass is 16.5. The molecule has 1 aromatic heterocycles. The zero-order valence-corrected chi connectivity index (χ0v) is 18.5. The normalized spacial score (nSPS) is 13.9. The molecule has 1 N–H and O–H groups in total. The number of ether oxygens (including phenoxy) is 1. The van der Waals surface area contributed by atoms with Crippen LogP contribution in [0.4, 0.5) is 5.69 Å². The molecule has 0 atom stereocenters. The van der Waals surface area contributed by atoms with Gasteiger partial charge in [-0.3, -0.25) is 4.79 Å². The Morgan fingerprint density at radius 1 is 1.06 bits per heavy atom. The van der Waals surface area contributed by atoms with Crippen LogP contribution in [-0.2, 0) is 23.2 Å². The van der Waals surface area contributed by atoms with Gasteiger partial charge in [0.2, 0.25) is 0 Å². The van der Waals surface area contributed by atoms with Gasteiger partial charge in [0.1, 0.15) is 11.6 Å². The lowest BCUT2D eigenvalue weighted by atomic mass is 9.87. The van der Waals surface area contributed by atoms with Crippen LogP contribution < -0.4 is 10.1 Å². The maximum atomic E-state index is 12.5. The molecular formula is C25H30N4O2. The predicted molar refractivity (Wildman–Crippen MR) is 122 cm³/mol. The second-order valence-electron chi connectivity index (χ2n) is 9.10. The van der Waals surface area contributed by atoms with E-state index in [1.165, 1.54) is 12.0 Å². The van der Waals surface area contributed by atoms with E-state index in [2.05, 4.69) is 46.9 Å². The summed E-state index contributed by atoms with van der Waals surface area (Å²) < 4.78 is 7.94. The van der Waals surface area contributed by atoms with Crippen LogP contribution in [0.15, 0.2) is 48.5 Å². The molecule has 0 bridgehead atoms. The summed E-state index contributed by atoms with van der Waals surface area (Å²) in [6, 6.07) is 15.7. The number of carbonyl (C=O) groups is 1. The second-order valence-corrected chi connectivity index (χ2v) is 9.10. The van der Waals surface area contributed by atoms with E-state index in [0.29, 0.717) is 5.75 Å². The number of anilines is 1. The maximum Gasteiger partial charge on any atom is 0.262 e. The van der Waals surface area contributed by atoms with Crippen molar-refractivity contribution in [2.45, 2.75) is 58.4 Å². The van der Waals surface area contributed by atoms with Gasteiger partial charge >= 0.3 is 0 Å². The fraction of sp³-hybridized carbons (Fsp3) is 0.400. The number of carbonyl (C=O) groups excluding carboxylic acids is 1. The molecule has 0 saturated heterocycles. The van der Waals surface area contributed by atoms with E-state index in [4.69, 9.17) is 4.74 Å². The van der Waals surface area contributed by atoms with Crippen molar-refractivity contribution in [3.8, 4) is 17.1 Å². The maximum absolute atomic E-state index is 12.5. The topological polar surface area (TPSA) is 69.0 Å². The van der Waals surface area contributed by atoms with Crippen LogP contribution in [0, 0.1) is 0 Å². The number of hydrogen-bond acceptors (Lipinski definition) is 4. The van der Waals surface area contributed by atoms with E-state index in [1.807, 2.05) is 42.5 Å². The van der Waals surface area contributed by atoms with E-state index in [1.54, 1.807) is 0 Å². The van der Waals surface area contributed by atoms with E-state index < -0.39 is 0 Å². The molecule has 1 amide bonds. The molecule has 3 aromatic rings. The van der Waals surface area contributed by atoms with Crippen LogP contribution in [0.2, 0.25) is 0 Å². The third kappa shape index (κ3) is 5.13. The summed E-state index contributed by atoms with van der Waals surface area (Å²) in [5.41, 5.74) is 2.88.